The van der Waals surface area contributed by atoms with Gasteiger partial charge in [0.1, 0.15) is 17.3 Å². The van der Waals surface area contributed by atoms with Gasteiger partial charge < -0.3 is 10.5 Å². The van der Waals surface area contributed by atoms with Crippen LogP contribution in [-0.4, -0.2) is 0 Å². The van der Waals surface area contributed by atoms with E-state index in [1.165, 1.54) is 12.1 Å². The fourth-order valence-corrected chi connectivity index (χ4v) is 1.55. The van der Waals surface area contributed by atoms with Crippen LogP contribution in [0.25, 0.3) is 0 Å². The van der Waals surface area contributed by atoms with Gasteiger partial charge in [-0.2, -0.15) is 5.26 Å². The highest BCUT2D eigenvalue weighted by Crippen LogP contribution is 2.24. The number of anilines is 1. The Hall–Kier alpha value is -2.54. The molecule has 0 aliphatic heterocycles. The van der Waals surface area contributed by atoms with Gasteiger partial charge >= 0.3 is 0 Å². The zero-order valence-electron chi connectivity index (χ0n) is 9.56. The predicted octanol–water partition coefficient (Wildman–Crippen LogP) is 3.27. The van der Waals surface area contributed by atoms with E-state index >= 15 is 0 Å². The fraction of sp³-hybridized carbons (Fsp3) is 0.0714. The lowest BCUT2D eigenvalue weighted by Gasteiger charge is -2.07. The van der Waals surface area contributed by atoms with Gasteiger partial charge in [-0.05, 0) is 23.8 Å². The van der Waals surface area contributed by atoms with Gasteiger partial charge in [-0.1, -0.05) is 12.1 Å². The third-order valence-electron chi connectivity index (χ3n) is 2.34. The van der Waals surface area contributed by atoms with E-state index in [2.05, 4.69) is 6.07 Å². The Bertz CT molecular complexity index is 567. The van der Waals surface area contributed by atoms with Crippen molar-refractivity contribution >= 4 is 5.69 Å². The van der Waals surface area contributed by atoms with Crippen LogP contribution >= 0.6 is 0 Å². The molecule has 2 rings (SSSR count). The van der Waals surface area contributed by atoms with Gasteiger partial charge in [0, 0.05) is 17.8 Å². The zero-order valence-corrected chi connectivity index (χ0v) is 9.56. The third-order valence-corrected chi connectivity index (χ3v) is 2.34. The second kappa shape index (κ2) is 5.19. The first-order valence-electron chi connectivity index (χ1n) is 5.37. The van der Waals surface area contributed by atoms with Crippen molar-refractivity contribution in [2.24, 2.45) is 0 Å². The molecule has 0 heterocycles. The molecule has 0 atom stereocenters. The summed E-state index contributed by atoms with van der Waals surface area (Å²) in [5.74, 6) is 0.480. The molecule has 0 aliphatic rings. The lowest BCUT2D eigenvalue weighted by atomic mass is 10.2. The van der Waals surface area contributed by atoms with Crippen LogP contribution in [0.1, 0.15) is 5.56 Å². The van der Waals surface area contributed by atoms with Crippen molar-refractivity contribution in [3.05, 3.63) is 53.8 Å². The number of hydrogen-bond donors (Lipinski definition) is 1. The van der Waals surface area contributed by atoms with E-state index in [1.807, 2.05) is 0 Å². The second-order valence-electron chi connectivity index (χ2n) is 3.80. The van der Waals surface area contributed by atoms with Crippen LogP contribution in [0.5, 0.6) is 11.5 Å². The van der Waals surface area contributed by atoms with E-state index in [9.17, 15) is 4.39 Å². The summed E-state index contributed by atoms with van der Waals surface area (Å²) in [6.45, 7) is 0. The average molecular weight is 242 g/mol. The average Bonchev–Trinajstić information content (AvgIpc) is 2.31. The van der Waals surface area contributed by atoms with Crippen LogP contribution in [0.3, 0.4) is 0 Å². The largest absolute Gasteiger partial charge is 0.457 e. The number of ether oxygens (including phenoxy) is 1. The summed E-state index contributed by atoms with van der Waals surface area (Å²) in [4.78, 5) is 0. The number of halogens is 1. The van der Waals surface area contributed by atoms with Crippen LogP contribution in [-0.2, 0) is 6.42 Å². The molecular weight excluding hydrogens is 231 g/mol. The van der Waals surface area contributed by atoms with Gasteiger partial charge in [-0.3, -0.25) is 0 Å². The lowest BCUT2D eigenvalue weighted by molar-refractivity contribution is 0.477. The van der Waals surface area contributed by atoms with Gasteiger partial charge in [0.2, 0.25) is 0 Å². The molecular formula is C14H11FN2O. The molecule has 3 nitrogen and oxygen atoms in total. The lowest BCUT2D eigenvalue weighted by Crippen LogP contribution is -1.90. The first-order chi connectivity index (χ1) is 8.67. The molecule has 2 aromatic rings. The minimum atomic E-state index is -0.439. The van der Waals surface area contributed by atoms with Crippen molar-refractivity contribution in [3.63, 3.8) is 0 Å². The zero-order chi connectivity index (χ0) is 13.0. The van der Waals surface area contributed by atoms with Crippen molar-refractivity contribution in [1.29, 1.82) is 5.26 Å². The van der Waals surface area contributed by atoms with Gasteiger partial charge in [-0.15, -0.1) is 0 Å². The molecule has 2 aromatic carbocycles. The van der Waals surface area contributed by atoms with E-state index < -0.39 is 5.82 Å². The summed E-state index contributed by atoms with van der Waals surface area (Å²) in [5, 5.41) is 8.55. The molecule has 0 aliphatic carbocycles. The monoisotopic (exact) mass is 242 g/mol. The first kappa shape index (κ1) is 11.9. The molecule has 18 heavy (non-hydrogen) atoms. The first-order valence-corrected chi connectivity index (χ1v) is 5.37. The maximum Gasteiger partial charge on any atom is 0.132 e. The molecule has 0 unspecified atom stereocenters. The topological polar surface area (TPSA) is 59.0 Å². The Kier molecular flexibility index (Phi) is 3.44. The van der Waals surface area contributed by atoms with Gasteiger partial charge in [0.05, 0.1) is 12.5 Å². The molecule has 0 radical (unpaired) electrons. The van der Waals surface area contributed by atoms with E-state index in [4.69, 9.17) is 15.7 Å². The predicted molar refractivity (Wildman–Crippen MR) is 66.6 cm³/mol. The summed E-state index contributed by atoms with van der Waals surface area (Å²) >= 11 is 0. The molecule has 0 spiro atoms. The molecule has 0 saturated heterocycles. The van der Waals surface area contributed by atoms with Gasteiger partial charge in [0.25, 0.3) is 0 Å². The number of hydrogen-bond acceptors (Lipinski definition) is 3. The highest BCUT2D eigenvalue weighted by molar-refractivity contribution is 5.46. The molecule has 4 heteroatoms. The third kappa shape index (κ3) is 2.98. The van der Waals surface area contributed by atoms with Crippen LogP contribution in [0.4, 0.5) is 10.1 Å². The Morgan fingerprint density at radius 2 is 1.83 bits per heavy atom. The Morgan fingerprint density at radius 3 is 2.44 bits per heavy atom. The number of nitrogens with zero attached hydrogens (tertiary/aromatic N) is 1. The summed E-state index contributed by atoms with van der Waals surface area (Å²) < 4.78 is 18.6. The second-order valence-corrected chi connectivity index (χ2v) is 3.80. The van der Waals surface area contributed by atoms with E-state index in [0.717, 1.165) is 5.56 Å². The normalized spacial score (nSPS) is 9.78. The Balaban J connectivity index is 2.16. The Labute approximate surface area is 104 Å². The summed E-state index contributed by atoms with van der Waals surface area (Å²) in [5.41, 5.74) is 6.74. The quantitative estimate of drug-likeness (QED) is 0.840. The minimum absolute atomic E-state index is 0.311. The summed E-state index contributed by atoms with van der Waals surface area (Å²) in [7, 11) is 0. The van der Waals surface area contributed by atoms with Crippen LogP contribution in [0, 0.1) is 17.1 Å². The molecule has 0 amide bonds. The highest BCUT2D eigenvalue weighted by atomic mass is 19.1. The van der Waals surface area contributed by atoms with Gasteiger partial charge in [-0.25, -0.2) is 4.39 Å². The SMILES string of the molecule is N#CCc1ccc(Oc2cc(N)cc(F)c2)cc1. The molecule has 0 aromatic heterocycles. The molecule has 2 N–H and O–H groups in total. The molecule has 0 saturated carbocycles. The number of nitrogens with two attached hydrogens (primary N) is 1. The van der Waals surface area contributed by atoms with E-state index in [0.29, 0.717) is 23.6 Å². The van der Waals surface area contributed by atoms with E-state index in [1.54, 1.807) is 30.3 Å². The van der Waals surface area contributed by atoms with Crippen molar-refractivity contribution in [2.45, 2.75) is 6.42 Å². The summed E-state index contributed by atoms with van der Waals surface area (Å²) in [6, 6.07) is 13.1. The van der Waals surface area contributed by atoms with Crippen LogP contribution < -0.4 is 10.5 Å². The van der Waals surface area contributed by atoms with Crippen molar-refractivity contribution in [2.75, 3.05) is 5.73 Å². The van der Waals surface area contributed by atoms with Crippen molar-refractivity contribution < 1.29 is 9.13 Å². The number of benzene rings is 2. The van der Waals surface area contributed by atoms with Crippen molar-refractivity contribution in [1.82, 2.24) is 0 Å². The van der Waals surface area contributed by atoms with Gasteiger partial charge in [0.15, 0.2) is 0 Å². The minimum Gasteiger partial charge on any atom is -0.457 e. The number of rotatable bonds is 3. The number of nitriles is 1. The molecule has 0 fully saturated rings. The Morgan fingerprint density at radius 1 is 1.11 bits per heavy atom. The molecule has 90 valence electrons. The fourth-order valence-electron chi connectivity index (χ4n) is 1.55. The van der Waals surface area contributed by atoms with Crippen LogP contribution in [0.2, 0.25) is 0 Å². The maximum absolute atomic E-state index is 13.1. The number of nitrogen functional groups attached to an aromatic ring is 1. The summed E-state index contributed by atoms with van der Waals surface area (Å²) in [6.07, 6.45) is 0.354. The van der Waals surface area contributed by atoms with E-state index in [-0.39, 0.29) is 0 Å². The standard InChI is InChI=1S/C14H11FN2O/c15-11-7-12(17)9-14(8-11)18-13-3-1-10(2-4-13)5-6-16/h1-4,7-9H,5,17H2. The van der Waals surface area contributed by atoms with Crippen molar-refractivity contribution in [3.8, 4) is 17.6 Å². The smallest absolute Gasteiger partial charge is 0.132 e. The van der Waals surface area contributed by atoms with Crippen LogP contribution in [0.15, 0.2) is 42.5 Å². The molecule has 0 bridgehead atoms. The maximum atomic E-state index is 13.1. The highest BCUT2D eigenvalue weighted by Gasteiger charge is 2.01.